The van der Waals surface area contributed by atoms with E-state index in [1.165, 1.54) is 0 Å². The first-order chi connectivity index (χ1) is 8.67. The average molecular weight is 267 g/mol. The third-order valence-corrected chi connectivity index (χ3v) is 3.47. The van der Waals surface area contributed by atoms with Gasteiger partial charge in [-0.05, 0) is 31.7 Å². The van der Waals surface area contributed by atoms with Crippen molar-refractivity contribution in [3.05, 3.63) is 23.9 Å². The van der Waals surface area contributed by atoms with Crippen LogP contribution in [0.3, 0.4) is 0 Å². The van der Waals surface area contributed by atoms with E-state index in [1.54, 1.807) is 18.3 Å². The number of hydrogen-bond donors (Lipinski definition) is 2. The molecule has 1 amide bonds. The first-order valence-corrected chi connectivity index (χ1v) is 7.41. The molecule has 0 radical (unpaired) electrons. The molecule has 1 atom stereocenters. The lowest BCUT2D eigenvalue weighted by molar-refractivity contribution is 0.0943. The van der Waals surface area contributed by atoms with E-state index in [0.29, 0.717) is 5.56 Å². The summed E-state index contributed by atoms with van der Waals surface area (Å²) in [6.45, 7) is 6.93. The van der Waals surface area contributed by atoms with Crippen LogP contribution in [-0.2, 0) is 0 Å². The summed E-state index contributed by atoms with van der Waals surface area (Å²) in [4.78, 5) is 16.1. The number of carbonyl (C=O) groups excluding carboxylic acids is 1. The van der Waals surface area contributed by atoms with Crippen molar-refractivity contribution < 1.29 is 4.79 Å². The highest BCUT2D eigenvalue weighted by Crippen LogP contribution is 2.08. The highest BCUT2D eigenvalue weighted by Gasteiger charge is 2.10. The lowest BCUT2D eigenvalue weighted by Crippen LogP contribution is -2.34. The van der Waals surface area contributed by atoms with Gasteiger partial charge in [-0.2, -0.15) is 11.8 Å². The van der Waals surface area contributed by atoms with Crippen LogP contribution >= 0.6 is 11.8 Å². The van der Waals surface area contributed by atoms with Crippen molar-refractivity contribution >= 4 is 23.5 Å². The molecule has 1 rings (SSSR count). The number of nitrogens with zero attached hydrogens (tertiary/aromatic N) is 1. The molecule has 0 aliphatic carbocycles. The highest BCUT2D eigenvalue weighted by atomic mass is 32.2. The molecule has 0 aliphatic rings. The van der Waals surface area contributed by atoms with Gasteiger partial charge in [0.15, 0.2) is 0 Å². The Morgan fingerprint density at radius 3 is 2.94 bits per heavy atom. The molecule has 1 aromatic heterocycles. The van der Waals surface area contributed by atoms with Crippen molar-refractivity contribution in [2.75, 3.05) is 23.4 Å². The first-order valence-electron chi connectivity index (χ1n) is 6.25. The summed E-state index contributed by atoms with van der Waals surface area (Å²) in [5.74, 6) is 2.70. The van der Waals surface area contributed by atoms with E-state index < -0.39 is 0 Å². The summed E-state index contributed by atoms with van der Waals surface area (Å²) in [7, 11) is 0. The van der Waals surface area contributed by atoms with Crippen LogP contribution < -0.4 is 10.6 Å². The van der Waals surface area contributed by atoms with Gasteiger partial charge in [0.05, 0.1) is 0 Å². The zero-order valence-electron chi connectivity index (χ0n) is 11.2. The summed E-state index contributed by atoms with van der Waals surface area (Å²) >= 11 is 1.83. The van der Waals surface area contributed by atoms with Gasteiger partial charge in [0.1, 0.15) is 5.82 Å². The lowest BCUT2D eigenvalue weighted by Gasteiger charge is -2.13. The van der Waals surface area contributed by atoms with Gasteiger partial charge in [0, 0.05) is 30.1 Å². The van der Waals surface area contributed by atoms with Crippen molar-refractivity contribution in [2.45, 2.75) is 26.8 Å². The fraction of sp³-hybridized carbons (Fsp3) is 0.538. The third-order valence-electron chi connectivity index (χ3n) is 2.33. The van der Waals surface area contributed by atoms with Gasteiger partial charge in [0.25, 0.3) is 5.91 Å². The summed E-state index contributed by atoms with van der Waals surface area (Å²) in [6, 6.07) is 3.69. The fourth-order valence-corrected chi connectivity index (χ4v) is 2.17. The molecule has 0 spiro atoms. The van der Waals surface area contributed by atoms with E-state index in [4.69, 9.17) is 0 Å². The van der Waals surface area contributed by atoms with Crippen molar-refractivity contribution in [1.82, 2.24) is 10.3 Å². The molecule has 5 heteroatoms. The minimum absolute atomic E-state index is 0.0410. The molecule has 0 aromatic carbocycles. The van der Waals surface area contributed by atoms with Crippen LogP contribution in [0.2, 0.25) is 0 Å². The topological polar surface area (TPSA) is 54.0 Å². The smallest absolute Gasteiger partial charge is 0.251 e. The maximum Gasteiger partial charge on any atom is 0.251 e. The number of thioether (sulfide) groups is 1. The average Bonchev–Trinajstić information content (AvgIpc) is 2.37. The maximum absolute atomic E-state index is 12.0. The minimum Gasteiger partial charge on any atom is -0.370 e. The van der Waals surface area contributed by atoms with E-state index in [2.05, 4.69) is 22.5 Å². The maximum atomic E-state index is 12.0. The van der Waals surface area contributed by atoms with E-state index in [-0.39, 0.29) is 11.9 Å². The van der Waals surface area contributed by atoms with Crippen LogP contribution in [0.1, 0.15) is 31.1 Å². The van der Waals surface area contributed by atoms with Crippen LogP contribution in [0.25, 0.3) is 0 Å². The molecular weight excluding hydrogens is 246 g/mol. The Bertz CT molecular complexity index is 384. The van der Waals surface area contributed by atoms with E-state index >= 15 is 0 Å². The predicted octanol–water partition coefficient (Wildman–Crippen LogP) is 2.38. The van der Waals surface area contributed by atoms with Crippen LogP contribution in [0.15, 0.2) is 18.3 Å². The summed E-state index contributed by atoms with van der Waals surface area (Å²) in [5.41, 5.74) is 0.647. The fourth-order valence-electron chi connectivity index (χ4n) is 1.49. The molecule has 100 valence electrons. The summed E-state index contributed by atoms with van der Waals surface area (Å²) < 4.78 is 0. The van der Waals surface area contributed by atoms with Crippen molar-refractivity contribution in [3.63, 3.8) is 0 Å². The second-order valence-electron chi connectivity index (χ2n) is 3.99. The second kappa shape index (κ2) is 7.97. The lowest BCUT2D eigenvalue weighted by atomic mass is 10.2. The van der Waals surface area contributed by atoms with Gasteiger partial charge in [0.2, 0.25) is 0 Å². The molecule has 0 aliphatic heterocycles. The van der Waals surface area contributed by atoms with Gasteiger partial charge in [-0.25, -0.2) is 4.98 Å². The van der Waals surface area contributed by atoms with Gasteiger partial charge >= 0.3 is 0 Å². The Labute approximate surface area is 113 Å². The van der Waals surface area contributed by atoms with Gasteiger partial charge in [-0.15, -0.1) is 0 Å². The first kappa shape index (κ1) is 14.8. The number of pyridine rings is 1. The Morgan fingerprint density at radius 1 is 1.50 bits per heavy atom. The highest BCUT2D eigenvalue weighted by molar-refractivity contribution is 7.99. The van der Waals surface area contributed by atoms with Crippen molar-refractivity contribution in [1.29, 1.82) is 0 Å². The van der Waals surface area contributed by atoms with E-state index in [1.807, 2.05) is 25.6 Å². The third kappa shape index (κ3) is 4.96. The molecule has 4 nitrogen and oxygen atoms in total. The Balaban J connectivity index is 2.57. The molecule has 0 saturated heterocycles. The number of anilines is 1. The van der Waals surface area contributed by atoms with Crippen LogP contribution in [0.5, 0.6) is 0 Å². The summed E-state index contributed by atoms with van der Waals surface area (Å²) in [5, 5.41) is 6.08. The SMILES string of the molecule is CCNc1cc(C(=O)NC(C)CSCC)ccn1. The number of nitrogens with one attached hydrogen (secondary N) is 2. The van der Waals surface area contributed by atoms with Gasteiger partial charge in [-0.1, -0.05) is 6.92 Å². The number of carbonyl (C=O) groups is 1. The standard InChI is InChI=1S/C13H21N3OS/c1-4-14-12-8-11(6-7-15-12)13(17)16-10(3)9-18-5-2/h6-8,10H,4-5,9H2,1-3H3,(H,14,15)(H,16,17). The van der Waals surface area contributed by atoms with Crippen molar-refractivity contribution in [3.8, 4) is 0 Å². The predicted molar refractivity (Wildman–Crippen MR) is 78.3 cm³/mol. The Hall–Kier alpha value is -1.23. The number of amides is 1. The number of rotatable bonds is 7. The Kier molecular flexibility index (Phi) is 6.57. The molecular formula is C13H21N3OS. The normalized spacial score (nSPS) is 11.9. The van der Waals surface area contributed by atoms with Gasteiger partial charge in [-0.3, -0.25) is 4.79 Å². The number of hydrogen-bond acceptors (Lipinski definition) is 4. The second-order valence-corrected chi connectivity index (χ2v) is 5.31. The van der Waals surface area contributed by atoms with E-state index in [9.17, 15) is 4.79 Å². The molecule has 1 heterocycles. The molecule has 2 N–H and O–H groups in total. The monoisotopic (exact) mass is 267 g/mol. The summed E-state index contributed by atoms with van der Waals surface area (Å²) in [6.07, 6.45) is 1.65. The largest absolute Gasteiger partial charge is 0.370 e. The zero-order chi connectivity index (χ0) is 13.4. The van der Waals surface area contributed by atoms with Crippen LogP contribution in [0.4, 0.5) is 5.82 Å². The molecule has 0 saturated carbocycles. The van der Waals surface area contributed by atoms with E-state index in [0.717, 1.165) is 23.9 Å². The molecule has 1 unspecified atom stereocenters. The molecule has 0 fully saturated rings. The number of aromatic nitrogens is 1. The van der Waals surface area contributed by atoms with Gasteiger partial charge < -0.3 is 10.6 Å². The Morgan fingerprint density at radius 2 is 2.28 bits per heavy atom. The van der Waals surface area contributed by atoms with Crippen molar-refractivity contribution in [2.24, 2.45) is 0 Å². The minimum atomic E-state index is -0.0410. The molecule has 1 aromatic rings. The van der Waals surface area contributed by atoms with Crippen LogP contribution in [-0.4, -0.2) is 35.0 Å². The molecule has 0 bridgehead atoms. The molecule has 18 heavy (non-hydrogen) atoms. The quantitative estimate of drug-likeness (QED) is 0.796. The van der Waals surface area contributed by atoms with Crippen LogP contribution in [0, 0.1) is 0 Å². The zero-order valence-corrected chi connectivity index (χ0v) is 12.0.